The van der Waals surface area contributed by atoms with Crippen molar-refractivity contribution in [1.82, 2.24) is 0 Å². The molecule has 0 spiro atoms. The van der Waals surface area contributed by atoms with E-state index >= 15 is 0 Å². The maximum absolute atomic E-state index is 11.0. The number of methoxy groups -OCH3 is 1. The Labute approximate surface area is 123 Å². The van der Waals surface area contributed by atoms with Crippen molar-refractivity contribution in [2.24, 2.45) is 0 Å². The third-order valence-corrected chi connectivity index (χ3v) is 3.58. The molecule has 0 bridgehead atoms. The van der Waals surface area contributed by atoms with E-state index in [1.165, 1.54) is 29.9 Å². The average Bonchev–Trinajstić information content (AvgIpc) is 2.48. The van der Waals surface area contributed by atoms with Gasteiger partial charge in [0.05, 0.1) is 12.0 Å². The number of benzene rings is 2. The minimum Gasteiger partial charge on any atom is -0.490 e. The van der Waals surface area contributed by atoms with Crippen LogP contribution in [0.3, 0.4) is 0 Å². The second kappa shape index (κ2) is 6.26. The fraction of sp³-hybridized carbons (Fsp3) is 0.250. The molecule has 2 aromatic rings. The number of nitrogens with zero attached hydrogens (tertiary/aromatic N) is 1. The van der Waals surface area contributed by atoms with E-state index in [4.69, 9.17) is 4.74 Å². The van der Waals surface area contributed by atoms with Crippen LogP contribution in [0.4, 0.5) is 11.4 Å². The van der Waals surface area contributed by atoms with E-state index < -0.39 is 4.92 Å². The molecule has 0 saturated heterocycles. The van der Waals surface area contributed by atoms with Crippen LogP contribution in [-0.2, 0) is 6.54 Å². The standard InChI is InChI=1S/C16H18N2O3/c1-11-5-4-6-13(12(11)2)10-17-14-7-8-16(21-3)15(9-14)18(19)20/h4-9,17H,10H2,1-3H3. The third-order valence-electron chi connectivity index (χ3n) is 3.58. The number of hydrogen-bond donors (Lipinski definition) is 1. The van der Waals surface area contributed by atoms with Crippen LogP contribution in [0.2, 0.25) is 0 Å². The van der Waals surface area contributed by atoms with Crippen molar-refractivity contribution in [2.45, 2.75) is 20.4 Å². The molecular formula is C16H18N2O3. The Morgan fingerprint density at radius 1 is 1.24 bits per heavy atom. The molecule has 0 aliphatic rings. The summed E-state index contributed by atoms with van der Waals surface area (Å²) in [7, 11) is 1.42. The van der Waals surface area contributed by atoms with Gasteiger partial charge >= 0.3 is 5.69 Å². The largest absolute Gasteiger partial charge is 0.490 e. The van der Waals surface area contributed by atoms with E-state index in [0.29, 0.717) is 12.2 Å². The van der Waals surface area contributed by atoms with Gasteiger partial charge in [0.2, 0.25) is 0 Å². The summed E-state index contributed by atoms with van der Waals surface area (Å²) in [6.45, 7) is 4.76. The number of aryl methyl sites for hydroxylation is 1. The van der Waals surface area contributed by atoms with Crippen LogP contribution in [0.5, 0.6) is 5.75 Å². The lowest BCUT2D eigenvalue weighted by molar-refractivity contribution is -0.385. The molecule has 0 aliphatic carbocycles. The number of anilines is 1. The van der Waals surface area contributed by atoms with Gasteiger partial charge in [0.25, 0.3) is 0 Å². The Hall–Kier alpha value is -2.56. The molecule has 2 aromatic carbocycles. The summed E-state index contributed by atoms with van der Waals surface area (Å²) >= 11 is 0. The second-order valence-electron chi connectivity index (χ2n) is 4.86. The quantitative estimate of drug-likeness (QED) is 0.670. The van der Waals surface area contributed by atoms with Crippen molar-refractivity contribution in [3.8, 4) is 5.75 Å². The number of rotatable bonds is 5. The molecule has 0 atom stereocenters. The minimum atomic E-state index is -0.443. The molecule has 0 aromatic heterocycles. The Bertz CT molecular complexity index is 669. The van der Waals surface area contributed by atoms with Crippen LogP contribution in [0.1, 0.15) is 16.7 Å². The lowest BCUT2D eigenvalue weighted by Gasteiger charge is -2.11. The summed E-state index contributed by atoms with van der Waals surface area (Å²) in [6.07, 6.45) is 0. The first-order valence-electron chi connectivity index (χ1n) is 6.64. The molecule has 110 valence electrons. The van der Waals surface area contributed by atoms with Crippen molar-refractivity contribution in [2.75, 3.05) is 12.4 Å². The van der Waals surface area contributed by atoms with Crippen LogP contribution >= 0.6 is 0 Å². The first-order valence-corrected chi connectivity index (χ1v) is 6.64. The zero-order valence-corrected chi connectivity index (χ0v) is 12.3. The molecule has 0 fully saturated rings. The molecular weight excluding hydrogens is 268 g/mol. The van der Waals surface area contributed by atoms with Gasteiger partial charge in [-0.2, -0.15) is 0 Å². The lowest BCUT2D eigenvalue weighted by atomic mass is 10.0. The summed E-state index contributed by atoms with van der Waals surface area (Å²) in [5, 5.41) is 14.2. The first-order chi connectivity index (χ1) is 10.0. The van der Waals surface area contributed by atoms with E-state index in [1.54, 1.807) is 12.1 Å². The molecule has 5 heteroatoms. The Morgan fingerprint density at radius 3 is 2.67 bits per heavy atom. The Morgan fingerprint density at radius 2 is 2.00 bits per heavy atom. The number of nitrogens with one attached hydrogen (secondary N) is 1. The van der Waals surface area contributed by atoms with E-state index in [-0.39, 0.29) is 11.4 Å². The highest BCUT2D eigenvalue weighted by atomic mass is 16.6. The smallest absolute Gasteiger partial charge is 0.312 e. The van der Waals surface area contributed by atoms with Crippen LogP contribution in [0.25, 0.3) is 0 Å². The summed E-state index contributed by atoms with van der Waals surface area (Å²) in [4.78, 5) is 10.6. The van der Waals surface area contributed by atoms with Crippen LogP contribution in [0, 0.1) is 24.0 Å². The molecule has 1 N–H and O–H groups in total. The average molecular weight is 286 g/mol. The molecule has 5 nitrogen and oxygen atoms in total. The second-order valence-corrected chi connectivity index (χ2v) is 4.86. The molecule has 21 heavy (non-hydrogen) atoms. The van der Waals surface area contributed by atoms with Gasteiger partial charge in [0.15, 0.2) is 5.75 Å². The highest BCUT2D eigenvalue weighted by Crippen LogP contribution is 2.30. The third kappa shape index (κ3) is 3.31. The van der Waals surface area contributed by atoms with Gasteiger partial charge in [-0.05, 0) is 42.7 Å². The van der Waals surface area contributed by atoms with Gasteiger partial charge in [-0.25, -0.2) is 0 Å². The minimum absolute atomic E-state index is 0.0385. The fourth-order valence-electron chi connectivity index (χ4n) is 2.14. The summed E-state index contributed by atoms with van der Waals surface area (Å²) < 4.78 is 4.99. The van der Waals surface area contributed by atoms with E-state index in [1.807, 2.05) is 12.1 Å². The molecule has 0 amide bonds. The van der Waals surface area contributed by atoms with Crippen LogP contribution < -0.4 is 10.1 Å². The van der Waals surface area contributed by atoms with E-state index in [0.717, 1.165) is 0 Å². The van der Waals surface area contributed by atoms with Gasteiger partial charge in [0.1, 0.15) is 0 Å². The molecule has 0 unspecified atom stereocenters. The highest BCUT2D eigenvalue weighted by Gasteiger charge is 2.15. The first kappa shape index (κ1) is 14.8. The number of nitro benzene ring substituents is 1. The van der Waals surface area contributed by atoms with Crippen molar-refractivity contribution in [3.63, 3.8) is 0 Å². The topological polar surface area (TPSA) is 64.4 Å². The lowest BCUT2D eigenvalue weighted by Crippen LogP contribution is -2.03. The molecule has 0 radical (unpaired) electrons. The maximum Gasteiger partial charge on any atom is 0.312 e. The highest BCUT2D eigenvalue weighted by molar-refractivity contribution is 5.58. The monoisotopic (exact) mass is 286 g/mol. The fourth-order valence-corrected chi connectivity index (χ4v) is 2.14. The predicted octanol–water partition coefficient (Wildman–Crippen LogP) is 3.83. The number of nitro groups is 1. The maximum atomic E-state index is 11.0. The molecule has 0 heterocycles. The normalized spacial score (nSPS) is 10.2. The zero-order chi connectivity index (χ0) is 15.4. The number of hydrogen-bond acceptors (Lipinski definition) is 4. The van der Waals surface area contributed by atoms with Gasteiger partial charge in [0, 0.05) is 18.3 Å². The zero-order valence-electron chi connectivity index (χ0n) is 12.3. The van der Waals surface area contributed by atoms with E-state index in [2.05, 4.69) is 25.2 Å². The Balaban J connectivity index is 2.19. The van der Waals surface area contributed by atoms with Crippen LogP contribution in [0.15, 0.2) is 36.4 Å². The van der Waals surface area contributed by atoms with E-state index in [9.17, 15) is 10.1 Å². The van der Waals surface area contributed by atoms with Crippen molar-refractivity contribution < 1.29 is 9.66 Å². The number of ether oxygens (including phenoxy) is 1. The van der Waals surface area contributed by atoms with Gasteiger partial charge in [-0.3, -0.25) is 10.1 Å². The predicted molar refractivity (Wildman–Crippen MR) is 82.9 cm³/mol. The molecule has 0 saturated carbocycles. The van der Waals surface area contributed by atoms with Crippen molar-refractivity contribution >= 4 is 11.4 Å². The summed E-state index contributed by atoms with van der Waals surface area (Å²) in [6, 6.07) is 11.0. The van der Waals surface area contributed by atoms with Gasteiger partial charge in [-0.15, -0.1) is 0 Å². The molecule has 2 rings (SSSR count). The molecule has 0 aliphatic heterocycles. The summed E-state index contributed by atoms with van der Waals surface area (Å²) in [5.74, 6) is 0.261. The van der Waals surface area contributed by atoms with Gasteiger partial charge < -0.3 is 10.1 Å². The van der Waals surface area contributed by atoms with Crippen LogP contribution in [-0.4, -0.2) is 12.0 Å². The van der Waals surface area contributed by atoms with Crippen molar-refractivity contribution in [1.29, 1.82) is 0 Å². The SMILES string of the molecule is COc1ccc(NCc2cccc(C)c2C)cc1[N+](=O)[O-]. The van der Waals surface area contributed by atoms with Crippen molar-refractivity contribution in [3.05, 3.63) is 63.2 Å². The van der Waals surface area contributed by atoms with Gasteiger partial charge in [-0.1, -0.05) is 18.2 Å². The Kier molecular flexibility index (Phi) is 4.42. The summed E-state index contributed by atoms with van der Waals surface area (Å²) in [5.41, 5.74) is 4.29.